The van der Waals surface area contributed by atoms with Gasteiger partial charge in [-0.1, -0.05) is 17.7 Å². The second kappa shape index (κ2) is 3.87. The van der Waals surface area contributed by atoms with Gasteiger partial charge in [-0.25, -0.2) is 0 Å². The number of nitriles is 1. The quantitative estimate of drug-likeness (QED) is 0.786. The summed E-state index contributed by atoms with van der Waals surface area (Å²) < 4.78 is 0. The Balaban J connectivity index is 3.14. The van der Waals surface area contributed by atoms with Crippen molar-refractivity contribution in [2.75, 3.05) is 0 Å². The molecule has 0 aliphatic rings. The van der Waals surface area contributed by atoms with E-state index < -0.39 is 5.54 Å². The molecule has 0 aliphatic heterocycles. The Hall–Kier alpha value is -1.24. The first-order valence-electron chi connectivity index (χ1n) is 4.12. The minimum absolute atomic E-state index is 0.0894. The Morgan fingerprint density at radius 2 is 2.29 bits per heavy atom. The molecule has 0 fully saturated rings. The van der Waals surface area contributed by atoms with E-state index in [-0.39, 0.29) is 12.2 Å². The van der Waals surface area contributed by atoms with Gasteiger partial charge >= 0.3 is 0 Å². The summed E-state index contributed by atoms with van der Waals surface area (Å²) in [5.41, 5.74) is 5.80. The highest BCUT2D eigenvalue weighted by atomic mass is 35.5. The lowest BCUT2D eigenvalue weighted by Crippen LogP contribution is -2.32. The SMILES string of the molecule is C[C@](N)(CC#N)c1ccc(O)cc1Cl. The molecule has 0 unspecified atom stereocenters. The predicted octanol–water partition coefficient (Wildman–Crippen LogP) is 2.13. The van der Waals surface area contributed by atoms with Crippen molar-refractivity contribution in [1.82, 2.24) is 0 Å². The van der Waals surface area contributed by atoms with Gasteiger partial charge in [0.1, 0.15) is 5.75 Å². The molecule has 0 aromatic heterocycles. The molecular formula is C10H11ClN2O. The number of rotatable bonds is 2. The maximum atomic E-state index is 9.14. The number of nitrogens with two attached hydrogens (primary N) is 1. The summed E-state index contributed by atoms with van der Waals surface area (Å²) in [6, 6.07) is 6.56. The maximum Gasteiger partial charge on any atom is 0.117 e. The lowest BCUT2D eigenvalue weighted by molar-refractivity contribution is 0.471. The fraction of sp³-hybridized carbons (Fsp3) is 0.300. The van der Waals surface area contributed by atoms with Crippen molar-refractivity contribution in [3.8, 4) is 11.8 Å². The Bertz CT molecular complexity index is 382. The van der Waals surface area contributed by atoms with E-state index in [2.05, 4.69) is 0 Å². The monoisotopic (exact) mass is 210 g/mol. The third kappa shape index (κ3) is 2.16. The summed E-state index contributed by atoms with van der Waals surface area (Å²) in [6.45, 7) is 1.73. The zero-order chi connectivity index (χ0) is 10.8. The van der Waals surface area contributed by atoms with Gasteiger partial charge < -0.3 is 10.8 Å². The minimum atomic E-state index is -0.778. The highest BCUT2D eigenvalue weighted by Crippen LogP contribution is 2.30. The topological polar surface area (TPSA) is 70.0 Å². The van der Waals surface area contributed by atoms with Crippen molar-refractivity contribution >= 4 is 11.6 Å². The Morgan fingerprint density at radius 1 is 1.64 bits per heavy atom. The zero-order valence-electron chi connectivity index (χ0n) is 7.79. The molecule has 3 N–H and O–H groups in total. The van der Waals surface area contributed by atoms with Crippen LogP contribution >= 0.6 is 11.6 Å². The summed E-state index contributed by atoms with van der Waals surface area (Å²) in [6.07, 6.45) is 0.178. The van der Waals surface area contributed by atoms with E-state index in [1.165, 1.54) is 12.1 Å². The van der Waals surface area contributed by atoms with Gasteiger partial charge in [-0.05, 0) is 24.6 Å². The fourth-order valence-corrected chi connectivity index (χ4v) is 1.62. The molecule has 1 atom stereocenters. The number of hydrogen-bond donors (Lipinski definition) is 2. The van der Waals surface area contributed by atoms with Crippen molar-refractivity contribution in [3.63, 3.8) is 0 Å². The minimum Gasteiger partial charge on any atom is -0.508 e. The van der Waals surface area contributed by atoms with Gasteiger partial charge in [0.15, 0.2) is 0 Å². The lowest BCUT2D eigenvalue weighted by Gasteiger charge is -2.23. The molecule has 74 valence electrons. The van der Waals surface area contributed by atoms with Crippen molar-refractivity contribution in [1.29, 1.82) is 5.26 Å². The van der Waals surface area contributed by atoms with Crippen LogP contribution in [0.3, 0.4) is 0 Å². The number of phenolic OH excluding ortho intramolecular Hbond substituents is 1. The molecule has 0 saturated carbocycles. The Kier molecular flexibility index (Phi) is 3.00. The lowest BCUT2D eigenvalue weighted by atomic mass is 9.90. The van der Waals surface area contributed by atoms with Gasteiger partial charge in [-0.15, -0.1) is 0 Å². The molecule has 0 heterocycles. The summed E-state index contributed by atoms with van der Waals surface area (Å²) in [5, 5.41) is 18.1. The summed E-state index contributed by atoms with van der Waals surface area (Å²) in [4.78, 5) is 0. The molecule has 1 rings (SSSR count). The molecular weight excluding hydrogens is 200 g/mol. The van der Waals surface area contributed by atoms with E-state index >= 15 is 0 Å². The van der Waals surface area contributed by atoms with Crippen molar-refractivity contribution < 1.29 is 5.11 Å². The van der Waals surface area contributed by atoms with Crippen LogP contribution in [0.2, 0.25) is 5.02 Å². The van der Waals surface area contributed by atoms with Crippen molar-refractivity contribution in [2.45, 2.75) is 18.9 Å². The Morgan fingerprint density at radius 3 is 2.79 bits per heavy atom. The van der Waals surface area contributed by atoms with Crippen molar-refractivity contribution in [2.24, 2.45) is 5.73 Å². The standard InChI is InChI=1S/C10H11ClN2O/c1-10(13,4-5-12)8-3-2-7(14)6-9(8)11/h2-3,6,14H,4,13H2,1H3/t10-/m0/s1. The van der Waals surface area contributed by atoms with E-state index in [0.717, 1.165) is 0 Å². The van der Waals surface area contributed by atoms with Crippen LogP contribution < -0.4 is 5.73 Å². The van der Waals surface area contributed by atoms with Gasteiger partial charge in [0, 0.05) is 5.02 Å². The van der Waals surface area contributed by atoms with E-state index in [0.29, 0.717) is 10.6 Å². The van der Waals surface area contributed by atoms with Crippen molar-refractivity contribution in [3.05, 3.63) is 28.8 Å². The maximum absolute atomic E-state index is 9.14. The molecule has 0 aliphatic carbocycles. The molecule has 14 heavy (non-hydrogen) atoms. The second-order valence-corrected chi connectivity index (χ2v) is 3.82. The molecule has 1 aromatic rings. The average molecular weight is 211 g/mol. The van der Waals surface area contributed by atoms with E-state index in [9.17, 15) is 0 Å². The molecule has 0 amide bonds. The van der Waals surface area contributed by atoms with Gasteiger partial charge in [-0.2, -0.15) is 5.26 Å². The van der Waals surface area contributed by atoms with Crippen LogP contribution in [0.4, 0.5) is 0 Å². The number of phenols is 1. The third-order valence-corrected chi connectivity index (χ3v) is 2.33. The first-order valence-corrected chi connectivity index (χ1v) is 4.50. The highest BCUT2D eigenvalue weighted by molar-refractivity contribution is 6.31. The van der Waals surface area contributed by atoms with Gasteiger partial charge in [0.25, 0.3) is 0 Å². The van der Waals surface area contributed by atoms with Crippen LogP contribution in [0.15, 0.2) is 18.2 Å². The van der Waals surface area contributed by atoms with Crippen LogP contribution in [0.25, 0.3) is 0 Å². The van der Waals surface area contributed by atoms with E-state index in [1.807, 2.05) is 6.07 Å². The fourth-order valence-electron chi connectivity index (χ4n) is 1.23. The van der Waals surface area contributed by atoms with E-state index in [4.69, 9.17) is 27.7 Å². The predicted molar refractivity (Wildman–Crippen MR) is 54.9 cm³/mol. The number of halogens is 1. The zero-order valence-corrected chi connectivity index (χ0v) is 8.54. The average Bonchev–Trinajstić information content (AvgIpc) is 2.02. The molecule has 0 spiro atoms. The highest BCUT2D eigenvalue weighted by Gasteiger charge is 2.23. The second-order valence-electron chi connectivity index (χ2n) is 3.42. The summed E-state index contributed by atoms with van der Waals surface area (Å²) >= 11 is 5.90. The van der Waals surface area contributed by atoms with Crippen LogP contribution in [0.5, 0.6) is 5.75 Å². The van der Waals surface area contributed by atoms with Gasteiger partial charge in [0.2, 0.25) is 0 Å². The number of nitrogens with zero attached hydrogens (tertiary/aromatic N) is 1. The van der Waals surface area contributed by atoms with Gasteiger partial charge in [-0.3, -0.25) is 0 Å². The molecule has 0 saturated heterocycles. The van der Waals surface area contributed by atoms with Gasteiger partial charge in [0.05, 0.1) is 18.0 Å². The Labute approximate surface area is 87.7 Å². The summed E-state index contributed by atoms with van der Waals surface area (Å²) in [5.74, 6) is 0.0894. The largest absolute Gasteiger partial charge is 0.508 e. The van der Waals surface area contributed by atoms with Crippen LogP contribution in [0.1, 0.15) is 18.9 Å². The van der Waals surface area contributed by atoms with Crippen LogP contribution in [-0.4, -0.2) is 5.11 Å². The smallest absolute Gasteiger partial charge is 0.117 e. The van der Waals surface area contributed by atoms with Crippen LogP contribution in [-0.2, 0) is 5.54 Å². The number of aromatic hydroxyl groups is 1. The molecule has 0 bridgehead atoms. The summed E-state index contributed by atoms with van der Waals surface area (Å²) in [7, 11) is 0. The number of benzene rings is 1. The first-order chi connectivity index (χ1) is 6.47. The van der Waals surface area contributed by atoms with E-state index in [1.54, 1.807) is 13.0 Å². The first kappa shape index (κ1) is 10.8. The normalized spacial score (nSPS) is 14.4. The number of hydrogen-bond acceptors (Lipinski definition) is 3. The molecule has 3 nitrogen and oxygen atoms in total. The third-order valence-electron chi connectivity index (χ3n) is 2.01. The molecule has 1 aromatic carbocycles. The molecule has 0 radical (unpaired) electrons. The molecule has 4 heteroatoms. The van der Waals surface area contributed by atoms with Crippen LogP contribution in [0, 0.1) is 11.3 Å².